The Kier molecular flexibility index (Phi) is 3.42. The number of phenols is 1. The van der Waals surface area contributed by atoms with Gasteiger partial charge in [0.05, 0.1) is 11.3 Å². The zero-order valence-corrected chi connectivity index (χ0v) is 9.92. The number of amides is 1. The molecule has 2 aromatic rings. The Morgan fingerprint density at radius 3 is 2.74 bits per heavy atom. The van der Waals surface area contributed by atoms with Gasteiger partial charge in [-0.3, -0.25) is 20.5 Å². The van der Waals surface area contributed by atoms with Gasteiger partial charge in [0.15, 0.2) is 5.96 Å². The number of hydrogen-bond acceptors (Lipinski definition) is 4. The molecule has 0 saturated heterocycles. The minimum absolute atomic E-state index is 0.0401. The molecule has 0 atom stereocenters. The monoisotopic (exact) mass is 256 g/mol. The molecule has 0 spiro atoms. The maximum Gasteiger partial charge on any atom is 0.261 e. The van der Waals surface area contributed by atoms with Crippen LogP contribution in [0.4, 0.5) is 0 Å². The van der Waals surface area contributed by atoms with E-state index in [9.17, 15) is 9.90 Å². The molecule has 19 heavy (non-hydrogen) atoms. The van der Waals surface area contributed by atoms with Crippen LogP contribution in [-0.4, -0.2) is 22.0 Å². The zero-order valence-electron chi connectivity index (χ0n) is 9.92. The van der Waals surface area contributed by atoms with E-state index >= 15 is 0 Å². The number of benzene rings is 1. The van der Waals surface area contributed by atoms with Crippen LogP contribution >= 0.6 is 0 Å². The van der Waals surface area contributed by atoms with E-state index in [4.69, 9.17) is 11.1 Å². The molecule has 0 saturated carbocycles. The second-order valence-corrected chi connectivity index (χ2v) is 3.81. The molecule has 0 radical (unpaired) electrons. The number of guanidine groups is 1. The average Bonchev–Trinajstić information content (AvgIpc) is 2.39. The lowest BCUT2D eigenvalue weighted by Gasteiger charge is -2.07. The van der Waals surface area contributed by atoms with Gasteiger partial charge in [-0.2, -0.15) is 0 Å². The van der Waals surface area contributed by atoms with Crippen LogP contribution in [0.1, 0.15) is 10.4 Å². The Bertz CT molecular complexity index is 626. The number of nitrogens with one attached hydrogen (secondary N) is 2. The number of aromatic hydroxyl groups is 1. The molecule has 0 aliphatic rings. The lowest BCUT2D eigenvalue weighted by molar-refractivity contribution is 0.0974. The molecule has 6 nitrogen and oxygen atoms in total. The molecule has 0 aliphatic heterocycles. The number of phenolic OH excluding ortho intramolecular Hbond substituents is 1. The Morgan fingerprint density at radius 2 is 2.11 bits per heavy atom. The van der Waals surface area contributed by atoms with Gasteiger partial charge in [-0.1, -0.05) is 6.07 Å². The van der Waals surface area contributed by atoms with E-state index < -0.39 is 11.9 Å². The highest BCUT2D eigenvalue weighted by molar-refractivity contribution is 6.06. The molecule has 1 aromatic carbocycles. The summed E-state index contributed by atoms with van der Waals surface area (Å²) in [6, 6.07) is 9.95. The molecule has 1 amide bonds. The Morgan fingerprint density at radius 1 is 1.32 bits per heavy atom. The first-order valence-corrected chi connectivity index (χ1v) is 5.47. The zero-order chi connectivity index (χ0) is 13.8. The van der Waals surface area contributed by atoms with Crippen LogP contribution < -0.4 is 11.1 Å². The first kappa shape index (κ1) is 12.6. The topological polar surface area (TPSA) is 112 Å². The van der Waals surface area contributed by atoms with Crippen LogP contribution in [0.15, 0.2) is 42.6 Å². The van der Waals surface area contributed by atoms with Crippen molar-refractivity contribution < 1.29 is 9.90 Å². The van der Waals surface area contributed by atoms with E-state index in [2.05, 4.69) is 10.3 Å². The number of rotatable bonds is 2. The van der Waals surface area contributed by atoms with Crippen molar-refractivity contribution in [2.24, 2.45) is 5.73 Å². The summed E-state index contributed by atoms with van der Waals surface area (Å²) in [7, 11) is 0. The van der Waals surface area contributed by atoms with Crippen molar-refractivity contribution in [3.05, 3.63) is 48.2 Å². The van der Waals surface area contributed by atoms with E-state index in [1.54, 1.807) is 24.4 Å². The van der Waals surface area contributed by atoms with Crippen molar-refractivity contribution in [3.63, 3.8) is 0 Å². The highest BCUT2D eigenvalue weighted by Gasteiger charge is 2.13. The summed E-state index contributed by atoms with van der Waals surface area (Å²) in [6.07, 6.45) is 1.64. The van der Waals surface area contributed by atoms with Crippen LogP contribution in [0.5, 0.6) is 5.75 Å². The highest BCUT2D eigenvalue weighted by Crippen LogP contribution is 2.24. The van der Waals surface area contributed by atoms with Gasteiger partial charge in [0.2, 0.25) is 0 Å². The number of hydrogen-bond donors (Lipinski definition) is 4. The van der Waals surface area contributed by atoms with E-state index in [1.165, 1.54) is 12.1 Å². The third-order valence-corrected chi connectivity index (χ3v) is 2.45. The summed E-state index contributed by atoms with van der Waals surface area (Å²) in [6.45, 7) is 0. The lowest BCUT2D eigenvalue weighted by Crippen LogP contribution is -2.35. The van der Waals surface area contributed by atoms with Gasteiger partial charge in [-0.05, 0) is 30.3 Å². The minimum atomic E-state index is -0.636. The van der Waals surface area contributed by atoms with Crippen molar-refractivity contribution in [2.75, 3.05) is 0 Å². The fourth-order valence-electron chi connectivity index (χ4n) is 1.60. The minimum Gasteiger partial charge on any atom is -0.507 e. The van der Waals surface area contributed by atoms with Crippen molar-refractivity contribution in [1.29, 1.82) is 5.41 Å². The molecule has 0 unspecified atom stereocenters. The number of carbonyl (C=O) groups is 1. The number of aromatic nitrogens is 1. The van der Waals surface area contributed by atoms with Crippen molar-refractivity contribution >= 4 is 11.9 Å². The number of pyridine rings is 1. The fourth-order valence-corrected chi connectivity index (χ4v) is 1.60. The van der Waals surface area contributed by atoms with Gasteiger partial charge in [0.25, 0.3) is 5.91 Å². The highest BCUT2D eigenvalue weighted by atomic mass is 16.3. The first-order chi connectivity index (χ1) is 9.08. The van der Waals surface area contributed by atoms with Gasteiger partial charge in [0.1, 0.15) is 5.75 Å². The molecule has 1 heterocycles. The number of nitrogens with two attached hydrogens (primary N) is 1. The standard InChI is InChI=1S/C13H12N4O2/c14-13(15)17-12(19)9-7-8(4-5-11(9)18)10-3-1-2-6-16-10/h1-7,18H,(H4,14,15,17,19). The molecule has 0 fully saturated rings. The summed E-state index contributed by atoms with van der Waals surface area (Å²) >= 11 is 0. The Labute approximate surface area is 109 Å². The van der Waals surface area contributed by atoms with Gasteiger partial charge >= 0.3 is 0 Å². The third-order valence-electron chi connectivity index (χ3n) is 2.45. The van der Waals surface area contributed by atoms with Crippen LogP contribution in [0.2, 0.25) is 0 Å². The molecule has 5 N–H and O–H groups in total. The van der Waals surface area contributed by atoms with Crippen molar-refractivity contribution in [2.45, 2.75) is 0 Å². The van der Waals surface area contributed by atoms with Crippen LogP contribution in [0.3, 0.4) is 0 Å². The van der Waals surface area contributed by atoms with Gasteiger partial charge in [0, 0.05) is 11.8 Å². The summed E-state index contributed by atoms with van der Waals surface area (Å²) < 4.78 is 0. The molecular formula is C13H12N4O2. The summed E-state index contributed by atoms with van der Waals surface area (Å²) in [5.74, 6) is -1.30. The predicted molar refractivity (Wildman–Crippen MR) is 70.7 cm³/mol. The van der Waals surface area contributed by atoms with Gasteiger partial charge in [-0.25, -0.2) is 0 Å². The first-order valence-electron chi connectivity index (χ1n) is 5.47. The molecule has 0 bridgehead atoms. The fraction of sp³-hybridized carbons (Fsp3) is 0. The second kappa shape index (κ2) is 5.18. The van der Waals surface area contributed by atoms with E-state index in [0.29, 0.717) is 11.3 Å². The predicted octanol–water partition coefficient (Wildman–Crippen LogP) is 1.08. The number of carbonyl (C=O) groups excluding carboxylic acids is 1. The van der Waals surface area contributed by atoms with Crippen molar-refractivity contribution in [1.82, 2.24) is 10.3 Å². The maximum absolute atomic E-state index is 11.7. The van der Waals surface area contributed by atoms with Gasteiger partial charge < -0.3 is 10.8 Å². The Balaban J connectivity index is 2.40. The van der Waals surface area contributed by atoms with Crippen LogP contribution in [-0.2, 0) is 0 Å². The van der Waals surface area contributed by atoms with Crippen molar-refractivity contribution in [3.8, 4) is 17.0 Å². The summed E-state index contributed by atoms with van der Waals surface area (Å²) in [5, 5.41) is 18.8. The van der Waals surface area contributed by atoms with E-state index in [1.807, 2.05) is 6.07 Å². The summed E-state index contributed by atoms with van der Waals surface area (Å²) in [5.41, 5.74) is 6.49. The number of nitrogens with zero attached hydrogens (tertiary/aromatic N) is 1. The molecular weight excluding hydrogens is 244 g/mol. The molecule has 96 valence electrons. The van der Waals surface area contributed by atoms with Crippen LogP contribution in [0, 0.1) is 5.41 Å². The van der Waals surface area contributed by atoms with Crippen LogP contribution in [0.25, 0.3) is 11.3 Å². The average molecular weight is 256 g/mol. The normalized spacial score (nSPS) is 9.89. The largest absolute Gasteiger partial charge is 0.507 e. The molecule has 2 rings (SSSR count). The Hall–Kier alpha value is -2.89. The molecule has 1 aromatic heterocycles. The van der Waals surface area contributed by atoms with Gasteiger partial charge in [-0.15, -0.1) is 0 Å². The third kappa shape index (κ3) is 2.86. The smallest absolute Gasteiger partial charge is 0.261 e. The maximum atomic E-state index is 11.7. The quantitative estimate of drug-likeness (QED) is 0.475. The SMILES string of the molecule is N=C(N)NC(=O)c1cc(-c2ccccn2)ccc1O. The lowest BCUT2D eigenvalue weighted by atomic mass is 10.1. The van der Waals surface area contributed by atoms with E-state index in [-0.39, 0.29) is 11.3 Å². The van der Waals surface area contributed by atoms with E-state index in [0.717, 1.165) is 0 Å². The summed E-state index contributed by atoms with van der Waals surface area (Å²) in [4.78, 5) is 15.9. The molecule has 6 heteroatoms. The second-order valence-electron chi connectivity index (χ2n) is 3.81. The molecule has 0 aliphatic carbocycles.